The minimum Gasteiger partial charge on any atom is -0.481 e. The highest BCUT2D eigenvalue weighted by molar-refractivity contribution is 6.84. The van der Waals surface area contributed by atoms with Gasteiger partial charge in [-0.05, 0) is 69.4 Å². The van der Waals surface area contributed by atoms with Crippen LogP contribution >= 0.6 is 0 Å². The quantitative estimate of drug-likeness (QED) is 0.0785. The van der Waals surface area contributed by atoms with Gasteiger partial charge in [-0.2, -0.15) is 0 Å². The van der Waals surface area contributed by atoms with Crippen LogP contribution in [0.5, 0.6) is 0 Å². The number of carbonyl (C=O) groups is 4. The number of rotatable bonds is 21. The number of nitrogens with one attached hydrogen (secondary N) is 2. The Balaban J connectivity index is 4.60. The fourth-order valence-electron chi connectivity index (χ4n) is 4.76. The van der Waals surface area contributed by atoms with E-state index in [1.807, 2.05) is 27.7 Å². The van der Waals surface area contributed by atoms with Crippen LogP contribution in [0.3, 0.4) is 0 Å². The second-order valence-corrected chi connectivity index (χ2v) is 21.7. The van der Waals surface area contributed by atoms with E-state index < -0.39 is 40.4 Å². The molecule has 0 saturated carbocycles. The topological polar surface area (TPSA) is 142 Å². The average molecular weight is 599 g/mol. The maximum absolute atomic E-state index is 12.4. The zero-order valence-corrected chi connectivity index (χ0v) is 28.0. The molecule has 0 aromatic heterocycles. The molecule has 0 aromatic rings. The Morgan fingerprint density at radius 3 is 1.43 bits per heavy atom. The fourth-order valence-corrected chi connectivity index (χ4v) is 13.3. The molecule has 11 heteroatoms. The van der Waals surface area contributed by atoms with Crippen molar-refractivity contribution in [1.82, 2.24) is 10.6 Å². The van der Waals surface area contributed by atoms with Crippen molar-refractivity contribution in [2.24, 2.45) is 23.7 Å². The van der Waals surface area contributed by atoms with Crippen molar-refractivity contribution in [2.45, 2.75) is 98.1 Å². The molecule has 230 valence electrons. The maximum atomic E-state index is 12.4. The lowest BCUT2D eigenvalue weighted by Gasteiger charge is -2.34. The normalized spacial score (nSPS) is 13.6. The van der Waals surface area contributed by atoms with Crippen molar-refractivity contribution in [2.75, 3.05) is 13.1 Å². The summed E-state index contributed by atoms with van der Waals surface area (Å²) < 4.78 is 6.60. The number of amides is 2. The first-order chi connectivity index (χ1) is 18.3. The summed E-state index contributed by atoms with van der Waals surface area (Å²) in [6, 6.07) is 1.53. The molecule has 0 aliphatic heterocycles. The summed E-state index contributed by atoms with van der Waals surface area (Å²) in [5.74, 6) is -3.85. The lowest BCUT2D eigenvalue weighted by atomic mass is 9.90. The molecule has 0 aliphatic rings. The number of carboxylic acid groups (broad SMARTS) is 2. The van der Waals surface area contributed by atoms with Crippen LogP contribution in [0.2, 0.25) is 38.3 Å². The standard InChI is InChI=1S/C29H54N2O7Si2/c1-20(2)16-22(5)24(28(34)35)18-26(32)30-12-11-14-39(7,8)38-40(9,10)15-13-31-27(33)19-25(29(36)37)23(6)17-21(3)4/h20-21,24-25H,5-6,11-19H2,1-4,7-10H3,(H,30,32)(H,31,33)(H,34,35)(H,36,37). The van der Waals surface area contributed by atoms with Crippen molar-refractivity contribution < 1.29 is 33.5 Å². The molecule has 0 rings (SSSR count). The van der Waals surface area contributed by atoms with Crippen LogP contribution in [0.15, 0.2) is 24.3 Å². The summed E-state index contributed by atoms with van der Waals surface area (Å²) in [5, 5.41) is 24.7. The summed E-state index contributed by atoms with van der Waals surface area (Å²) in [6.07, 6.45) is 1.64. The molecule has 0 heterocycles. The van der Waals surface area contributed by atoms with Gasteiger partial charge in [-0.25, -0.2) is 0 Å². The summed E-state index contributed by atoms with van der Waals surface area (Å²) >= 11 is 0. The Morgan fingerprint density at radius 2 is 1.05 bits per heavy atom. The van der Waals surface area contributed by atoms with Crippen molar-refractivity contribution in [3.05, 3.63) is 24.3 Å². The summed E-state index contributed by atoms with van der Waals surface area (Å²) in [4.78, 5) is 48.0. The first-order valence-corrected chi connectivity index (χ1v) is 20.5. The molecule has 9 nitrogen and oxygen atoms in total. The Kier molecular flexibility index (Phi) is 16.6. The van der Waals surface area contributed by atoms with Gasteiger partial charge >= 0.3 is 11.9 Å². The molecule has 2 amide bonds. The molecule has 0 radical (unpaired) electrons. The van der Waals surface area contributed by atoms with E-state index in [2.05, 4.69) is 50.0 Å². The summed E-state index contributed by atoms with van der Waals surface area (Å²) in [5.41, 5.74) is 1.14. The van der Waals surface area contributed by atoms with Crippen molar-refractivity contribution in [1.29, 1.82) is 0 Å². The SMILES string of the molecule is C=C(CC(C)C)C(CC(=O)NCCC[Si](C)(C)O[Si](C)(C)CCNC(=O)CC(C(=C)CC(C)C)C(=O)O)C(=O)O. The van der Waals surface area contributed by atoms with E-state index in [0.717, 1.165) is 12.5 Å². The second kappa shape index (κ2) is 17.5. The Bertz CT molecular complexity index is 901. The molecule has 0 aliphatic carbocycles. The Labute approximate surface area is 243 Å². The zero-order valence-electron chi connectivity index (χ0n) is 26.0. The maximum Gasteiger partial charge on any atom is 0.311 e. The van der Waals surface area contributed by atoms with Gasteiger partial charge in [-0.1, -0.05) is 52.0 Å². The zero-order chi connectivity index (χ0) is 31.3. The van der Waals surface area contributed by atoms with Gasteiger partial charge in [0.15, 0.2) is 16.6 Å². The number of hydrogen-bond donors (Lipinski definition) is 4. The minimum absolute atomic E-state index is 0.108. The predicted molar refractivity (Wildman–Crippen MR) is 165 cm³/mol. The van der Waals surface area contributed by atoms with Crippen LogP contribution in [0.1, 0.15) is 59.8 Å². The Morgan fingerprint density at radius 1 is 0.675 bits per heavy atom. The fraction of sp³-hybridized carbons (Fsp3) is 0.724. The van der Waals surface area contributed by atoms with E-state index in [-0.39, 0.29) is 36.5 Å². The molecule has 2 unspecified atom stereocenters. The third-order valence-corrected chi connectivity index (χ3v) is 14.0. The van der Waals surface area contributed by atoms with Crippen LogP contribution in [0, 0.1) is 23.7 Å². The van der Waals surface area contributed by atoms with Crippen LogP contribution in [-0.4, -0.2) is 63.7 Å². The number of carboxylic acids is 2. The van der Waals surface area contributed by atoms with E-state index in [9.17, 15) is 29.4 Å². The monoisotopic (exact) mass is 598 g/mol. The third kappa shape index (κ3) is 16.8. The predicted octanol–water partition coefficient (Wildman–Crippen LogP) is 5.42. The van der Waals surface area contributed by atoms with Gasteiger partial charge in [0.1, 0.15) is 0 Å². The molecule has 0 fully saturated rings. The van der Waals surface area contributed by atoms with E-state index in [4.69, 9.17) is 4.12 Å². The van der Waals surface area contributed by atoms with E-state index in [0.29, 0.717) is 43.1 Å². The van der Waals surface area contributed by atoms with Gasteiger partial charge in [0, 0.05) is 25.9 Å². The van der Waals surface area contributed by atoms with Crippen LogP contribution in [0.4, 0.5) is 0 Å². The minimum atomic E-state index is -2.10. The van der Waals surface area contributed by atoms with E-state index >= 15 is 0 Å². The molecule has 4 N–H and O–H groups in total. The molecular formula is C29H54N2O7Si2. The highest BCUT2D eigenvalue weighted by Gasteiger charge is 2.33. The lowest BCUT2D eigenvalue weighted by Crippen LogP contribution is -2.46. The van der Waals surface area contributed by atoms with E-state index in [1.165, 1.54) is 0 Å². The molecule has 2 atom stereocenters. The van der Waals surface area contributed by atoms with Crippen LogP contribution in [-0.2, 0) is 23.3 Å². The highest BCUT2D eigenvalue weighted by atomic mass is 28.4. The van der Waals surface area contributed by atoms with Crippen molar-refractivity contribution in [3.63, 3.8) is 0 Å². The van der Waals surface area contributed by atoms with Gasteiger partial charge in [0.05, 0.1) is 11.8 Å². The van der Waals surface area contributed by atoms with Gasteiger partial charge in [-0.3, -0.25) is 19.2 Å². The molecule has 0 bridgehead atoms. The van der Waals surface area contributed by atoms with Crippen molar-refractivity contribution >= 4 is 40.4 Å². The summed E-state index contributed by atoms with van der Waals surface area (Å²) in [6.45, 7) is 25.1. The van der Waals surface area contributed by atoms with E-state index in [1.54, 1.807) is 0 Å². The van der Waals surface area contributed by atoms with Crippen molar-refractivity contribution in [3.8, 4) is 0 Å². The molecule has 0 aromatic carbocycles. The smallest absolute Gasteiger partial charge is 0.311 e. The van der Waals surface area contributed by atoms with Crippen LogP contribution in [0.25, 0.3) is 0 Å². The van der Waals surface area contributed by atoms with Gasteiger partial charge in [-0.15, -0.1) is 0 Å². The molecular weight excluding hydrogens is 544 g/mol. The average Bonchev–Trinajstić information content (AvgIpc) is 2.76. The van der Waals surface area contributed by atoms with Gasteiger partial charge in [0.2, 0.25) is 11.8 Å². The molecule has 0 saturated heterocycles. The first kappa shape index (κ1) is 37.8. The largest absolute Gasteiger partial charge is 0.481 e. The van der Waals surface area contributed by atoms with Gasteiger partial charge < -0.3 is 25.0 Å². The lowest BCUT2D eigenvalue weighted by molar-refractivity contribution is -0.143. The molecule has 40 heavy (non-hydrogen) atoms. The summed E-state index contributed by atoms with van der Waals surface area (Å²) in [7, 11) is -4.15. The first-order valence-electron chi connectivity index (χ1n) is 14.3. The number of carbonyl (C=O) groups excluding carboxylic acids is 2. The number of aliphatic carboxylic acids is 2. The van der Waals surface area contributed by atoms with Gasteiger partial charge in [0.25, 0.3) is 0 Å². The second-order valence-electron chi connectivity index (χ2n) is 12.9. The Hall–Kier alpha value is -2.25. The third-order valence-electron chi connectivity index (χ3n) is 6.58. The highest BCUT2D eigenvalue weighted by Crippen LogP contribution is 2.24. The van der Waals surface area contributed by atoms with Crippen LogP contribution < -0.4 is 10.6 Å². The molecule has 0 spiro atoms. The number of hydrogen-bond acceptors (Lipinski definition) is 5.